The van der Waals surface area contributed by atoms with Gasteiger partial charge in [-0.05, 0) is 13.3 Å². The van der Waals surface area contributed by atoms with E-state index < -0.39 is 0 Å². The monoisotopic (exact) mass is 287 g/mol. The summed E-state index contributed by atoms with van der Waals surface area (Å²) in [7, 11) is 0. The number of hydrogen-bond acceptors (Lipinski definition) is 4. The number of nitrogens with one attached hydrogen (secondary N) is 1. The predicted octanol–water partition coefficient (Wildman–Crippen LogP) is 0.526. The summed E-state index contributed by atoms with van der Waals surface area (Å²) in [5, 5.41) is 2.85. The fourth-order valence-corrected chi connectivity index (χ4v) is 2.09. The number of likely N-dealkylation sites (N-methyl/N-ethyl adjacent to an activating group) is 1. The second kappa shape index (κ2) is 7.17. The molecule has 1 unspecified atom stereocenters. The third kappa shape index (κ3) is 4.71. The molecule has 1 amide bonds. The molecule has 1 atom stereocenters. The zero-order valence-corrected chi connectivity index (χ0v) is 12.9. The van der Waals surface area contributed by atoms with Crippen LogP contribution in [0.4, 0.5) is 0 Å². The summed E-state index contributed by atoms with van der Waals surface area (Å²) in [5.41, 5.74) is 5.56. The van der Waals surface area contributed by atoms with Gasteiger partial charge in [0.05, 0.1) is 18.2 Å². The van der Waals surface area contributed by atoms with E-state index >= 15 is 0 Å². The third-order valence-corrected chi connectivity index (χ3v) is 4.14. The van der Waals surface area contributed by atoms with E-state index in [4.69, 9.17) is 22.7 Å². The zero-order valence-electron chi connectivity index (χ0n) is 12.1. The Morgan fingerprint density at radius 2 is 2.26 bits per heavy atom. The average molecular weight is 287 g/mol. The molecule has 0 saturated carbocycles. The van der Waals surface area contributed by atoms with Crippen LogP contribution >= 0.6 is 12.2 Å². The number of morpholine rings is 1. The first-order valence-electron chi connectivity index (χ1n) is 6.78. The molecular formula is C13H25N3O2S. The van der Waals surface area contributed by atoms with E-state index in [0.717, 1.165) is 19.5 Å². The molecular weight excluding hydrogens is 262 g/mol. The van der Waals surface area contributed by atoms with Crippen molar-refractivity contribution in [1.29, 1.82) is 0 Å². The molecule has 1 heterocycles. The van der Waals surface area contributed by atoms with E-state index in [-0.39, 0.29) is 17.4 Å². The van der Waals surface area contributed by atoms with Crippen molar-refractivity contribution in [1.82, 2.24) is 10.2 Å². The first kappa shape index (κ1) is 16.3. The number of rotatable bonds is 6. The molecule has 3 N–H and O–H groups in total. The molecule has 1 saturated heterocycles. The quantitative estimate of drug-likeness (QED) is 0.697. The lowest BCUT2D eigenvalue weighted by molar-refractivity contribution is -0.132. The molecule has 0 bridgehead atoms. The smallest absolute Gasteiger partial charge is 0.239 e. The number of hydrogen-bond donors (Lipinski definition) is 2. The summed E-state index contributed by atoms with van der Waals surface area (Å²) in [6, 6.07) is -0.198. The summed E-state index contributed by atoms with van der Waals surface area (Å²) in [6.07, 6.45) is 0.845. The number of carbonyl (C=O) groups is 1. The van der Waals surface area contributed by atoms with Gasteiger partial charge in [0.15, 0.2) is 0 Å². The number of amides is 1. The molecule has 1 aliphatic heterocycles. The van der Waals surface area contributed by atoms with Crippen LogP contribution in [0.1, 0.15) is 27.2 Å². The van der Waals surface area contributed by atoms with Crippen LogP contribution in [0.25, 0.3) is 0 Å². The van der Waals surface area contributed by atoms with Crippen molar-refractivity contribution in [3.05, 3.63) is 0 Å². The van der Waals surface area contributed by atoms with Crippen molar-refractivity contribution in [3.63, 3.8) is 0 Å². The lowest BCUT2D eigenvalue weighted by Crippen LogP contribution is -2.54. The van der Waals surface area contributed by atoms with E-state index in [9.17, 15) is 4.79 Å². The molecule has 1 aliphatic rings. The Balaban J connectivity index is 2.58. The van der Waals surface area contributed by atoms with Crippen molar-refractivity contribution < 1.29 is 9.53 Å². The maximum absolute atomic E-state index is 12.0. The number of carbonyl (C=O) groups excluding carboxylic acids is 1. The minimum absolute atomic E-state index is 0.0373. The standard InChI is InChI=1S/C13H25N3O2S/c1-4-15-11(17)10-9-18-8-7-16(10)6-5-13(2,3)12(14)19/h10H,4-9H2,1-3H3,(H2,14,19)(H,15,17). The summed E-state index contributed by atoms with van der Waals surface area (Å²) in [5.74, 6) is 0.0373. The van der Waals surface area contributed by atoms with Gasteiger partial charge in [0, 0.05) is 25.0 Å². The lowest BCUT2D eigenvalue weighted by Gasteiger charge is -2.36. The lowest BCUT2D eigenvalue weighted by atomic mass is 9.89. The van der Waals surface area contributed by atoms with Crippen LogP contribution in [0.5, 0.6) is 0 Å². The van der Waals surface area contributed by atoms with Gasteiger partial charge in [0.2, 0.25) is 5.91 Å². The summed E-state index contributed by atoms with van der Waals surface area (Å²) in [6.45, 7) is 9.34. The number of thiocarbonyl (C=S) groups is 1. The molecule has 0 spiro atoms. The van der Waals surface area contributed by atoms with Gasteiger partial charge in [-0.15, -0.1) is 0 Å². The maximum atomic E-state index is 12.0. The van der Waals surface area contributed by atoms with Gasteiger partial charge in [-0.2, -0.15) is 0 Å². The fourth-order valence-electron chi connectivity index (χ4n) is 1.99. The highest BCUT2D eigenvalue weighted by Crippen LogP contribution is 2.22. The van der Waals surface area contributed by atoms with Crippen LogP contribution in [-0.4, -0.2) is 54.7 Å². The molecule has 110 valence electrons. The van der Waals surface area contributed by atoms with Gasteiger partial charge in [-0.1, -0.05) is 26.1 Å². The topological polar surface area (TPSA) is 67.6 Å². The Hall–Kier alpha value is -0.720. The first-order valence-corrected chi connectivity index (χ1v) is 7.18. The van der Waals surface area contributed by atoms with Crippen LogP contribution in [-0.2, 0) is 9.53 Å². The molecule has 0 aromatic heterocycles. The van der Waals surface area contributed by atoms with Gasteiger partial charge < -0.3 is 15.8 Å². The normalized spacial score (nSPS) is 21.1. The SMILES string of the molecule is CCNC(=O)C1COCCN1CCC(C)(C)C(N)=S. The van der Waals surface area contributed by atoms with Crippen molar-refractivity contribution >= 4 is 23.1 Å². The fraction of sp³-hybridized carbons (Fsp3) is 0.846. The van der Waals surface area contributed by atoms with Gasteiger partial charge in [-0.25, -0.2) is 0 Å². The van der Waals surface area contributed by atoms with E-state index in [1.54, 1.807) is 0 Å². The first-order chi connectivity index (χ1) is 8.88. The highest BCUT2D eigenvalue weighted by atomic mass is 32.1. The molecule has 19 heavy (non-hydrogen) atoms. The molecule has 0 aliphatic carbocycles. The summed E-state index contributed by atoms with van der Waals surface area (Å²) >= 11 is 5.08. The van der Waals surface area contributed by atoms with Gasteiger partial charge in [0.25, 0.3) is 0 Å². The van der Waals surface area contributed by atoms with Crippen molar-refractivity contribution in [2.24, 2.45) is 11.1 Å². The highest BCUT2D eigenvalue weighted by molar-refractivity contribution is 7.80. The zero-order chi connectivity index (χ0) is 14.5. The number of ether oxygens (including phenoxy) is 1. The Bertz CT molecular complexity index is 334. The predicted molar refractivity (Wildman–Crippen MR) is 80.0 cm³/mol. The molecule has 6 heteroatoms. The number of nitrogens with zero attached hydrogens (tertiary/aromatic N) is 1. The van der Waals surface area contributed by atoms with Crippen LogP contribution in [0, 0.1) is 5.41 Å². The summed E-state index contributed by atoms with van der Waals surface area (Å²) < 4.78 is 5.41. The molecule has 1 rings (SSSR count). The van der Waals surface area contributed by atoms with Crippen LogP contribution < -0.4 is 11.1 Å². The Kier molecular flexibility index (Phi) is 6.16. The number of nitrogens with two attached hydrogens (primary N) is 1. The molecule has 0 aromatic rings. The second-order valence-corrected chi connectivity index (χ2v) is 5.96. The van der Waals surface area contributed by atoms with Crippen molar-refractivity contribution in [2.45, 2.75) is 33.2 Å². The van der Waals surface area contributed by atoms with E-state index in [2.05, 4.69) is 10.2 Å². The van der Waals surface area contributed by atoms with Crippen molar-refractivity contribution in [3.8, 4) is 0 Å². The van der Waals surface area contributed by atoms with Crippen molar-refractivity contribution in [2.75, 3.05) is 32.8 Å². The van der Waals surface area contributed by atoms with Gasteiger partial charge in [-0.3, -0.25) is 9.69 Å². The maximum Gasteiger partial charge on any atom is 0.239 e. The average Bonchev–Trinajstić information content (AvgIpc) is 2.37. The Morgan fingerprint density at radius 3 is 2.84 bits per heavy atom. The van der Waals surface area contributed by atoms with Crippen LogP contribution in [0.2, 0.25) is 0 Å². The van der Waals surface area contributed by atoms with E-state index in [0.29, 0.717) is 24.7 Å². The largest absolute Gasteiger partial charge is 0.393 e. The molecule has 0 radical (unpaired) electrons. The molecule has 1 fully saturated rings. The van der Waals surface area contributed by atoms with Gasteiger partial charge in [0.1, 0.15) is 6.04 Å². The van der Waals surface area contributed by atoms with Crippen LogP contribution in [0.3, 0.4) is 0 Å². The van der Waals surface area contributed by atoms with Gasteiger partial charge >= 0.3 is 0 Å². The molecule has 0 aromatic carbocycles. The minimum Gasteiger partial charge on any atom is -0.393 e. The van der Waals surface area contributed by atoms with Crippen LogP contribution in [0.15, 0.2) is 0 Å². The third-order valence-electron chi connectivity index (χ3n) is 3.58. The molecule has 5 nitrogen and oxygen atoms in total. The Labute approximate surface area is 120 Å². The summed E-state index contributed by atoms with van der Waals surface area (Å²) in [4.78, 5) is 14.7. The second-order valence-electron chi connectivity index (χ2n) is 5.52. The minimum atomic E-state index is -0.198. The Morgan fingerprint density at radius 1 is 1.58 bits per heavy atom. The van der Waals surface area contributed by atoms with E-state index in [1.165, 1.54) is 0 Å². The van der Waals surface area contributed by atoms with E-state index in [1.807, 2.05) is 20.8 Å². The highest BCUT2D eigenvalue weighted by Gasteiger charge is 2.31.